The predicted octanol–water partition coefficient (Wildman–Crippen LogP) is 3.62. The third-order valence-electron chi connectivity index (χ3n) is 1.58. The Morgan fingerprint density at radius 3 is 1.47 bits per heavy atom. The van der Waals surface area contributed by atoms with Gasteiger partial charge >= 0.3 is 12.1 Å². The minimum absolute atomic E-state index is 0.0590. The van der Waals surface area contributed by atoms with Crippen LogP contribution in [-0.4, -0.2) is 6.18 Å². The second-order valence-corrected chi connectivity index (χ2v) is 2.73. The van der Waals surface area contributed by atoms with E-state index < -0.39 is 29.3 Å². The first-order valence-corrected chi connectivity index (χ1v) is 3.55. The van der Waals surface area contributed by atoms with Crippen LogP contribution < -0.4 is 0 Å². The zero-order chi connectivity index (χ0) is 11.9. The first-order chi connectivity index (χ1) is 6.64. The summed E-state index contributed by atoms with van der Waals surface area (Å²) in [5, 5.41) is 0. The maximum Gasteiger partial charge on any atom is 0.458 e. The number of rotatable bonds is 1. The SMILES string of the molecule is Fc1cc(F)cc(C(F)(F)C(F)(F)F)c1. The van der Waals surface area contributed by atoms with Crippen LogP contribution in [-0.2, 0) is 5.92 Å². The molecule has 0 aliphatic rings. The van der Waals surface area contributed by atoms with Crippen LogP contribution in [0.4, 0.5) is 30.7 Å². The molecule has 0 unspecified atom stereocenters. The van der Waals surface area contributed by atoms with Gasteiger partial charge in [-0.3, -0.25) is 0 Å². The summed E-state index contributed by atoms with van der Waals surface area (Å²) in [6.45, 7) is 0. The van der Waals surface area contributed by atoms with Gasteiger partial charge in [0, 0.05) is 11.6 Å². The first-order valence-electron chi connectivity index (χ1n) is 3.55. The van der Waals surface area contributed by atoms with E-state index in [2.05, 4.69) is 0 Å². The van der Waals surface area contributed by atoms with Crippen molar-refractivity contribution in [3.63, 3.8) is 0 Å². The topological polar surface area (TPSA) is 0 Å². The Morgan fingerprint density at radius 2 is 1.13 bits per heavy atom. The van der Waals surface area contributed by atoms with Gasteiger partial charge in [-0.15, -0.1) is 0 Å². The largest absolute Gasteiger partial charge is 0.458 e. The summed E-state index contributed by atoms with van der Waals surface area (Å²) in [7, 11) is 0. The van der Waals surface area contributed by atoms with Crippen LogP contribution in [0.2, 0.25) is 0 Å². The molecule has 0 saturated carbocycles. The summed E-state index contributed by atoms with van der Waals surface area (Å²) in [6.07, 6.45) is -5.88. The molecule has 0 aliphatic heterocycles. The van der Waals surface area contributed by atoms with Gasteiger partial charge < -0.3 is 0 Å². The van der Waals surface area contributed by atoms with Crippen molar-refractivity contribution >= 4 is 0 Å². The van der Waals surface area contributed by atoms with Crippen LogP contribution in [0.5, 0.6) is 0 Å². The average molecular weight is 232 g/mol. The highest BCUT2D eigenvalue weighted by atomic mass is 19.4. The Labute approximate surface area is 79.3 Å². The van der Waals surface area contributed by atoms with Crippen LogP contribution >= 0.6 is 0 Å². The highest BCUT2D eigenvalue weighted by molar-refractivity contribution is 5.23. The fourth-order valence-corrected chi connectivity index (χ4v) is 0.899. The molecule has 0 aromatic heterocycles. The van der Waals surface area contributed by atoms with E-state index in [0.29, 0.717) is 0 Å². The fraction of sp³-hybridized carbons (Fsp3) is 0.250. The molecule has 0 nitrogen and oxygen atoms in total. The molecule has 0 bridgehead atoms. The highest BCUT2D eigenvalue weighted by Crippen LogP contribution is 2.43. The average Bonchev–Trinajstić information content (AvgIpc) is 1.99. The summed E-state index contributed by atoms with van der Waals surface area (Å²) < 4.78 is 85.3. The van der Waals surface area contributed by atoms with Crippen molar-refractivity contribution in [3.8, 4) is 0 Å². The molecule has 0 amide bonds. The third kappa shape index (κ3) is 2.21. The molecular formula is C8H3F7. The van der Waals surface area contributed by atoms with Gasteiger partial charge in [-0.2, -0.15) is 22.0 Å². The molecule has 0 aliphatic carbocycles. The van der Waals surface area contributed by atoms with Crippen LogP contribution in [0.15, 0.2) is 18.2 Å². The molecule has 0 radical (unpaired) electrons. The van der Waals surface area contributed by atoms with E-state index >= 15 is 0 Å². The smallest absolute Gasteiger partial charge is 0.207 e. The van der Waals surface area contributed by atoms with Crippen molar-refractivity contribution in [2.45, 2.75) is 12.1 Å². The predicted molar refractivity (Wildman–Crippen MR) is 36.3 cm³/mol. The maximum atomic E-state index is 12.6. The van der Waals surface area contributed by atoms with Crippen molar-refractivity contribution in [2.24, 2.45) is 0 Å². The van der Waals surface area contributed by atoms with Gasteiger partial charge in [0.1, 0.15) is 11.6 Å². The monoisotopic (exact) mass is 232 g/mol. The molecule has 84 valence electrons. The summed E-state index contributed by atoms with van der Waals surface area (Å²) in [5.41, 5.74) is -1.76. The zero-order valence-electron chi connectivity index (χ0n) is 6.88. The third-order valence-corrected chi connectivity index (χ3v) is 1.58. The fourth-order valence-electron chi connectivity index (χ4n) is 0.899. The molecule has 7 heteroatoms. The van der Waals surface area contributed by atoms with Gasteiger partial charge in [-0.25, -0.2) is 8.78 Å². The number of benzene rings is 1. The van der Waals surface area contributed by atoms with E-state index in [1.54, 1.807) is 0 Å². The lowest BCUT2D eigenvalue weighted by atomic mass is 10.1. The lowest BCUT2D eigenvalue weighted by Crippen LogP contribution is -2.33. The summed E-state index contributed by atoms with van der Waals surface area (Å²) >= 11 is 0. The van der Waals surface area contributed by atoms with Crippen molar-refractivity contribution in [1.29, 1.82) is 0 Å². The first kappa shape index (κ1) is 11.8. The number of halogens is 7. The summed E-state index contributed by atoms with van der Waals surface area (Å²) in [5.74, 6) is -8.25. The molecule has 1 aromatic rings. The van der Waals surface area contributed by atoms with Gasteiger partial charge in [-0.05, 0) is 12.1 Å². The number of hydrogen-bond acceptors (Lipinski definition) is 0. The Hall–Kier alpha value is -1.27. The van der Waals surface area contributed by atoms with Gasteiger partial charge in [0.2, 0.25) is 0 Å². The zero-order valence-corrected chi connectivity index (χ0v) is 6.88. The van der Waals surface area contributed by atoms with Crippen LogP contribution in [0, 0.1) is 11.6 Å². The van der Waals surface area contributed by atoms with Gasteiger partial charge in [0.15, 0.2) is 0 Å². The van der Waals surface area contributed by atoms with Crippen molar-refractivity contribution in [1.82, 2.24) is 0 Å². The summed E-state index contributed by atoms with van der Waals surface area (Å²) in [6, 6.07) is 0.0864. The van der Waals surface area contributed by atoms with E-state index in [0.717, 1.165) is 0 Å². The Morgan fingerprint density at radius 1 is 0.733 bits per heavy atom. The van der Waals surface area contributed by atoms with Crippen LogP contribution in [0.1, 0.15) is 5.56 Å². The molecule has 0 saturated heterocycles. The van der Waals surface area contributed by atoms with Crippen molar-refractivity contribution in [3.05, 3.63) is 35.4 Å². The number of hydrogen-bond donors (Lipinski definition) is 0. The molecule has 0 spiro atoms. The van der Waals surface area contributed by atoms with E-state index in [1.165, 1.54) is 0 Å². The van der Waals surface area contributed by atoms with Crippen molar-refractivity contribution in [2.75, 3.05) is 0 Å². The molecular weight excluding hydrogens is 229 g/mol. The number of alkyl halides is 5. The second kappa shape index (κ2) is 3.39. The Kier molecular flexibility index (Phi) is 2.67. The molecule has 0 fully saturated rings. The van der Waals surface area contributed by atoms with Crippen LogP contribution in [0.25, 0.3) is 0 Å². The van der Waals surface area contributed by atoms with Gasteiger partial charge in [0.25, 0.3) is 0 Å². The van der Waals surface area contributed by atoms with Gasteiger partial charge in [-0.1, -0.05) is 0 Å². The lowest BCUT2D eigenvalue weighted by Gasteiger charge is -2.19. The molecule has 1 aromatic carbocycles. The lowest BCUT2D eigenvalue weighted by molar-refractivity contribution is -0.289. The maximum absolute atomic E-state index is 12.6. The normalized spacial score (nSPS) is 13.0. The van der Waals surface area contributed by atoms with Crippen molar-refractivity contribution < 1.29 is 30.7 Å². The standard InChI is InChI=1S/C8H3F7/c9-5-1-4(2-6(10)3-5)7(11,12)8(13,14)15/h1-3H. The Balaban J connectivity index is 3.27. The minimum atomic E-state index is -5.88. The van der Waals surface area contributed by atoms with Gasteiger partial charge in [0.05, 0.1) is 0 Å². The quantitative estimate of drug-likeness (QED) is 0.648. The molecule has 15 heavy (non-hydrogen) atoms. The second-order valence-electron chi connectivity index (χ2n) is 2.73. The molecule has 0 N–H and O–H groups in total. The van der Waals surface area contributed by atoms with E-state index in [1.807, 2.05) is 0 Å². The molecule has 0 atom stereocenters. The molecule has 0 heterocycles. The summed E-state index contributed by atoms with van der Waals surface area (Å²) in [4.78, 5) is 0. The van der Waals surface area contributed by atoms with Crippen LogP contribution in [0.3, 0.4) is 0 Å². The van der Waals surface area contributed by atoms with E-state index in [9.17, 15) is 30.7 Å². The highest BCUT2D eigenvalue weighted by Gasteiger charge is 2.58. The van der Waals surface area contributed by atoms with E-state index in [-0.39, 0.29) is 18.2 Å². The molecule has 1 rings (SSSR count). The van der Waals surface area contributed by atoms with E-state index in [4.69, 9.17) is 0 Å². The minimum Gasteiger partial charge on any atom is -0.207 e. The Bertz CT molecular complexity index is 345.